The standard InChI is InChI=1S/C19H23N9O2/c29-17(2-1-8-28-13-21-12-24-28)27-9-4-15-16(11-27)25-26-18(15)19(30)23-5-3-14-10-20-6-7-22-14/h6-7,10,12-13H,1-5,8-9,11H2,(H,23,30)(H,25,26). The van der Waals surface area contributed by atoms with E-state index < -0.39 is 0 Å². The number of rotatable bonds is 8. The Morgan fingerprint density at radius 1 is 1.23 bits per heavy atom. The molecule has 3 aromatic heterocycles. The van der Waals surface area contributed by atoms with Crippen molar-refractivity contribution in [1.29, 1.82) is 0 Å². The summed E-state index contributed by atoms with van der Waals surface area (Å²) >= 11 is 0. The van der Waals surface area contributed by atoms with E-state index in [1.165, 1.54) is 6.33 Å². The van der Waals surface area contributed by atoms with Gasteiger partial charge in [-0.25, -0.2) is 4.98 Å². The molecule has 0 unspecified atom stereocenters. The van der Waals surface area contributed by atoms with Crippen LogP contribution in [0.3, 0.4) is 0 Å². The minimum absolute atomic E-state index is 0.0883. The number of hydrogen-bond acceptors (Lipinski definition) is 7. The molecule has 0 bridgehead atoms. The Kier molecular flexibility index (Phi) is 6.06. The average Bonchev–Trinajstić information content (AvgIpc) is 3.43. The van der Waals surface area contributed by atoms with Crippen LogP contribution in [0, 0.1) is 0 Å². The highest BCUT2D eigenvalue weighted by Gasteiger charge is 2.27. The number of carbonyl (C=O) groups is 2. The largest absolute Gasteiger partial charge is 0.350 e. The van der Waals surface area contributed by atoms with Gasteiger partial charge in [-0.15, -0.1) is 0 Å². The Morgan fingerprint density at radius 3 is 2.97 bits per heavy atom. The van der Waals surface area contributed by atoms with Crippen LogP contribution in [0.5, 0.6) is 0 Å². The van der Waals surface area contributed by atoms with Crippen molar-refractivity contribution in [2.75, 3.05) is 13.1 Å². The summed E-state index contributed by atoms with van der Waals surface area (Å²) in [4.78, 5) is 38.9. The molecule has 0 saturated heterocycles. The molecule has 0 spiro atoms. The molecule has 0 aromatic carbocycles. The first-order valence-corrected chi connectivity index (χ1v) is 9.90. The fourth-order valence-electron chi connectivity index (χ4n) is 3.46. The Balaban J connectivity index is 1.27. The molecule has 30 heavy (non-hydrogen) atoms. The van der Waals surface area contributed by atoms with E-state index in [1.54, 1.807) is 34.5 Å². The molecule has 4 heterocycles. The number of aryl methyl sites for hydroxylation is 1. The maximum atomic E-state index is 12.5. The van der Waals surface area contributed by atoms with Crippen molar-refractivity contribution in [2.45, 2.75) is 38.8 Å². The smallest absolute Gasteiger partial charge is 0.272 e. The van der Waals surface area contributed by atoms with E-state index in [9.17, 15) is 9.59 Å². The molecule has 2 N–H and O–H groups in total. The van der Waals surface area contributed by atoms with Gasteiger partial charge in [0.05, 0.1) is 17.9 Å². The van der Waals surface area contributed by atoms with Crippen molar-refractivity contribution in [2.24, 2.45) is 0 Å². The predicted octanol–water partition coefficient (Wildman–Crippen LogP) is 0.129. The molecule has 1 aliphatic rings. The van der Waals surface area contributed by atoms with Crippen LogP contribution >= 0.6 is 0 Å². The molecule has 11 heteroatoms. The van der Waals surface area contributed by atoms with Gasteiger partial charge in [-0.1, -0.05) is 0 Å². The third-order valence-corrected chi connectivity index (χ3v) is 5.03. The van der Waals surface area contributed by atoms with E-state index in [4.69, 9.17) is 0 Å². The molecule has 0 radical (unpaired) electrons. The fraction of sp³-hybridized carbons (Fsp3) is 0.421. The Labute approximate surface area is 172 Å². The molecule has 4 rings (SSSR count). The van der Waals surface area contributed by atoms with Gasteiger partial charge in [0.15, 0.2) is 5.69 Å². The van der Waals surface area contributed by atoms with Crippen LogP contribution in [0.15, 0.2) is 31.2 Å². The number of amides is 2. The van der Waals surface area contributed by atoms with Gasteiger partial charge in [-0.05, 0) is 12.8 Å². The first-order chi connectivity index (χ1) is 14.7. The second-order valence-electron chi connectivity index (χ2n) is 7.06. The molecule has 2 amide bonds. The monoisotopic (exact) mass is 409 g/mol. The normalized spacial score (nSPS) is 13.1. The molecule has 1 aliphatic heterocycles. The quantitative estimate of drug-likeness (QED) is 0.540. The van der Waals surface area contributed by atoms with Crippen LogP contribution in [-0.4, -0.2) is 64.7 Å². The highest BCUT2D eigenvalue weighted by Crippen LogP contribution is 2.21. The van der Waals surface area contributed by atoms with E-state index in [-0.39, 0.29) is 11.8 Å². The van der Waals surface area contributed by atoms with E-state index in [2.05, 4.69) is 35.6 Å². The van der Waals surface area contributed by atoms with Crippen molar-refractivity contribution >= 4 is 11.8 Å². The van der Waals surface area contributed by atoms with Gasteiger partial charge in [0.2, 0.25) is 5.91 Å². The van der Waals surface area contributed by atoms with Crippen molar-refractivity contribution in [3.05, 3.63) is 53.9 Å². The van der Waals surface area contributed by atoms with Gasteiger partial charge in [0.25, 0.3) is 5.91 Å². The third kappa shape index (κ3) is 4.67. The minimum atomic E-state index is -0.219. The minimum Gasteiger partial charge on any atom is -0.350 e. The summed E-state index contributed by atoms with van der Waals surface area (Å²) in [5, 5.41) is 14.0. The second kappa shape index (κ2) is 9.25. The molecule has 0 atom stereocenters. The maximum Gasteiger partial charge on any atom is 0.272 e. The van der Waals surface area contributed by atoms with Crippen LogP contribution in [0.25, 0.3) is 0 Å². The van der Waals surface area contributed by atoms with Gasteiger partial charge in [0, 0.05) is 56.6 Å². The van der Waals surface area contributed by atoms with Crippen LogP contribution < -0.4 is 5.32 Å². The van der Waals surface area contributed by atoms with Crippen LogP contribution in [0.1, 0.15) is 40.3 Å². The lowest BCUT2D eigenvalue weighted by Crippen LogP contribution is -2.36. The number of aromatic nitrogens is 7. The van der Waals surface area contributed by atoms with Crippen LogP contribution in [0.4, 0.5) is 0 Å². The zero-order chi connectivity index (χ0) is 20.8. The van der Waals surface area contributed by atoms with Crippen molar-refractivity contribution in [1.82, 2.24) is 45.1 Å². The molecule has 3 aromatic rings. The number of fused-ring (bicyclic) bond motifs is 1. The van der Waals surface area contributed by atoms with Crippen LogP contribution in [0.2, 0.25) is 0 Å². The number of carbonyl (C=O) groups excluding carboxylic acids is 2. The van der Waals surface area contributed by atoms with Gasteiger partial charge in [-0.3, -0.25) is 29.3 Å². The van der Waals surface area contributed by atoms with Gasteiger partial charge in [0.1, 0.15) is 12.7 Å². The first kappa shape index (κ1) is 19.7. The van der Waals surface area contributed by atoms with E-state index in [0.29, 0.717) is 57.6 Å². The summed E-state index contributed by atoms with van der Waals surface area (Å²) in [5.41, 5.74) is 2.94. The van der Waals surface area contributed by atoms with Crippen molar-refractivity contribution in [3.63, 3.8) is 0 Å². The number of nitrogens with one attached hydrogen (secondary N) is 2. The second-order valence-corrected chi connectivity index (χ2v) is 7.06. The summed E-state index contributed by atoms with van der Waals surface area (Å²) in [6, 6.07) is 0. The highest BCUT2D eigenvalue weighted by atomic mass is 16.2. The highest BCUT2D eigenvalue weighted by molar-refractivity contribution is 5.94. The topological polar surface area (TPSA) is 135 Å². The van der Waals surface area contributed by atoms with Crippen LogP contribution in [-0.2, 0) is 30.7 Å². The number of aromatic amines is 1. The molecule has 0 saturated carbocycles. The summed E-state index contributed by atoms with van der Waals surface area (Å²) in [7, 11) is 0. The summed E-state index contributed by atoms with van der Waals surface area (Å²) in [5.74, 6) is -0.130. The summed E-state index contributed by atoms with van der Waals surface area (Å²) in [6.07, 6.45) is 10.4. The Morgan fingerprint density at radius 2 is 2.17 bits per heavy atom. The lowest BCUT2D eigenvalue weighted by molar-refractivity contribution is -0.132. The number of hydrogen-bond donors (Lipinski definition) is 2. The van der Waals surface area contributed by atoms with Gasteiger partial charge in [-0.2, -0.15) is 10.2 Å². The SMILES string of the molecule is O=C(NCCc1cnccn1)c1n[nH]c2c1CCN(C(=O)CCCn1cncn1)C2. The molecular weight excluding hydrogens is 386 g/mol. The van der Waals surface area contributed by atoms with E-state index in [1.807, 2.05) is 0 Å². The summed E-state index contributed by atoms with van der Waals surface area (Å²) in [6.45, 7) is 2.13. The lowest BCUT2D eigenvalue weighted by Gasteiger charge is -2.27. The number of nitrogens with zero attached hydrogens (tertiary/aromatic N) is 7. The number of H-pyrrole nitrogens is 1. The fourth-order valence-corrected chi connectivity index (χ4v) is 3.46. The Hall–Kier alpha value is -3.63. The first-order valence-electron chi connectivity index (χ1n) is 9.90. The molecule has 0 fully saturated rings. The maximum absolute atomic E-state index is 12.5. The van der Waals surface area contributed by atoms with E-state index in [0.717, 1.165) is 17.0 Å². The van der Waals surface area contributed by atoms with Gasteiger partial charge < -0.3 is 10.2 Å². The van der Waals surface area contributed by atoms with E-state index >= 15 is 0 Å². The third-order valence-electron chi connectivity index (χ3n) is 5.03. The molecule has 11 nitrogen and oxygen atoms in total. The molecular formula is C19H23N9O2. The Bertz CT molecular complexity index is 985. The summed E-state index contributed by atoms with van der Waals surface area (Å²) < 4.78 is 1.71. The average molecular weight is 409 g/mol. The zero-order valence-electron chi connectivity index (χ0n) is 16.5. The molecule has 0 aliphatic carbocycles. The lowest BCUT2D eigenvalue weighted by atomic mass is 10.0. The zero-order valence-corrected chi connectivity index (χ0v) is 16.5. The van der Waals surface area contributed by atoms with Crippen molar-refractivity contribution < 1.29 is 9.59 Å². The molecule has 156 valence electrons. The van der Waals surface area contributed by atoms with Gasteiger partial charge >= 0.3 is 0 Å². The predicted molar refractivity (Wildman–Crippen MR) is 105 cm³/mol. The van der Waals surface area contributed by atoms with Crippen molar-refractivity contribution in [3.8, 4) is 0 Å².